The van der Waals surface area contributed by atoms with Crippen LogP contribution in [0.5, 0.6) is 5.75 Å². The van der Waals surface area contributed by atoms with Crippen LogP contribution in [-0.4, -0.2) is 12.6 Å². The molecule has 0 radical (unpaired) electrons. The van der Waals surface area contributed by atoms with Crippen LogP contribution in [0, 0.1) is 0 Å². The SMILES string of the molecule is CCOc1c(Cl)cc(CNC2CCCC2)cc1Cl.Cl. The fraction of sp³-hybridized carbons (Fsp3) is 0.571. The van der Waals surface area contributed by atoms with Crippen molar-refractivity contribution in [1.29, 1.82) is 0 Å². The van der Waals surface area contributed by atoms with Crippen molar-refractivity contribution in [2.24, 2.45) is 0 Å². The molecule has 1 fully saturated rings. The van der Waals surface area contributed by atoms with Crippen molar-refractivity contribution >= 4 is 35.6 Å². The van der Waals surface area contributed by atoms with Gasteiger partial charge in [0.05, 0.1) is 16.7 Å². The van der Waals surface area contributed by atoms with Crippen molar-refractivity contribution in [3.05, 3.63) is 27.7 Å². The summed E-state index contributed by atoms with van der Waals surface area (Å²) in [6.07, 6.45) is 5.22. The Bertz CT molecular complexity index is 383. The third-order valence-corrected chi connectivity index (χ3v) is 3.86. The minimum Gasteiger partial charge on any atom is -0.491 e. The highest BCUT2D eigenvalue weighted by molar-refractivity contribution is 6.37. The Labute approximate surface area is 131 Å². The number of rotatable bonds is 5. The lowest BCUT2D eigenvalue weighted by atomic mass is 10.2. The number of halogens is 3. The summed E-state index contributed by atoms with van der Waals surface area (Å²) < 4.78 is 5.42. The Balaban J connectivity index is 0.00000180. The predicted octanol–water partition coefficient (Wildman–Crippen LogP) is 4.85. The normalized spacial score (nSPS) is 15.3. The summed E-state index contributed by atoms with van der Waals surface area (Å²) in [7, 11) is 0. The predicted molar refractivity (Wildman–Crippen MR) is 84.0 cm³/mol. The molecular formula is C14H20Cl3NO. The highest BCUT2D eigenvalue weighted by Crippen LogP contribution is 2.34. The fourth-order valence-electron chi connectivity index (χ4n) is 2.39. The van der Waals surface area contributed by atoms with Crippen LogP contribution in [-0.2, 0) is 6.54 Å². The summed E-state index contributed by atoms with van der Waals surface area (Å²) in [6.45, 7) is 3.30. The smallest absolute Gasteiger partial charge is 0.156 e. The van der Waals surface area contributed by atoms with Crippen LogP contribution in [0.25, 0.3) is 0 Å². The van der Waals surface area contributed by atoms with E-state index in [2.05, 4.69) is 5.32 Å². The molecule has 0 atom stereocenters. The van der Waals surface area contributed by atoms with Crippen LogP contribution in [0.1, 0.15) is 38.2 Å². The zero-order chi connectivity index (χ0) is 13.0. The summed E-state index contributed by atoms with van der Waals surface area (Å²) in [4.78, 5) is 0. The molecule has 5 heteroatoms. The molecule has 0 amide bonds. The van der Waals surface area contributed by atoms with Crippen molar-refractivity contribution in [3.8, 4) is 5.75 Å². The lowest BCUT2D eigenvalue weighted by Gasteiger charge is -2.14. The topological polar surface area (TPSA) is 21.3 Å². The summed E-state index contributed by atoms with van der Waals surface area (Å²) in [6, 6.07) is 4.51. The van der Waals surface area contributed by atoms with E-state index in [0.29, 0.717) is 28.4 Å². The molecule has 0 unspecified atom stereocenters. The average Bonchev–Trinajstić information content (AvgIpc) is 2.84. The average molecular weight is 325 g/mol. The number of benzene rings is 1. The van der Waals surface area contributed by atoms with E-state index in [4.69, 9.17) is 27.9 Å². The lowest BCUT2D eigenvalue weighted by molar-refractivity contribution is 0.340. The molecule has 0 aromatic heterocycles. The van der Waals surface area contributed by atoms with Gasteiger partial charge < -0.3 is 10.1 Å². The van der Waals surface area contributed by atoms with Gasteiger partial charge in [-0.2, -0.15) is 0 Å². The zero-order valence-electron chi connectivity index (χ0n) is 11.0. The third kappa shape index (κ3) is 4.71. The van der Waals surface area contributed by atoms with Crippen molar-refractivity contribution in [1.82, 2.24) is 5.32 Å². The number of nitrogens with one attached hydrogen (secondary N) is 1. The third-order valence-electron chi connectivity index (χ3n) is 3.30. The summed E-state index contributed by atoms with van der Waals surface area (Å²) in [5.74, 6) is 0.588. The molecule has 0 spiro atoms. The molecule has 0 bridgehead atoms. The van der Waals surface area contributed by atoms with E-state index in [1.54, 1.807) is 0 Å². The van der Waals surface area contributed by atoms with Crippen molar-refractivity contribution in [2.45, 2.75) is 45.2 Å². The maximum atomic E-state index is 6.17. The van der Waals surface area contributed by atoms with Crippen LogP contribution < -0.4 is 10.1 Å². The van der Waals surface area contributed by atoms with Crippen molar-refractivity contribution in [3.63, 3.8) is 0 Å². The molecule has 0 aliphatic heterocycles. The quantitative estimate of drug-likeness (QED) is 0.836. The Hall–Kier alpha value is -0.150. The molecule has 1 N–H and O–H groups in total. The van der Waals surface area contributed by atoms with Gasteiger partial charge in [0.15, 0.2) is 5.75 Å². The van der Waals surface area contributed by atoms with Crippen LogP contribution in [0.15, 0.2) is 12.1 Å². The largest absolute Gasteiger partial charge is 0.491 e. The van der Waals surface area contributed by atoms with Crippen LogP contribution in [0.4, 0.5) is 0 Å². The van der Waals surface area contributed by atoms with Gasteiger partial charge in [-0.25, -0.2) is 0 Å². The molecule has 2 nitrogen and oxygen atoms in total. The summed E-state index contributed by atoms with van der Waals surface area (Å²) >= 11 is 12.3. The number of hydrogen-bond donors (Lipinski definition) is 1. The van der Waals surface area contributed by atoms with E-state index in [1.807, 2.05) is 19.1 Å². The standard InChI is InChI=1S/C14H19Cl2NO.ClH/c1-2-18-14-12(15)7-10(8-13(14)16)9-17-11-5-3-4-6-11;/h7-8,11,17H,2-6,9H2,1H3;1H. The lowest BCUT2D eigenvalue weighted by Crippen LogP contribution is -2.25. The first-order valence-electron chi connectivity index (χ1n) is 6.54. The van der Waals surface area contributed by atoms with Gasteiger partial charge >= 0.3 is 0 Å². The van der Waals surface area contributed by atoms with E-state index in [0.717, 1.165) is 12.1 Å². The van der Waals surface area contributed by atoms with Crippen LogP contribution in [0.3, 0.4) is 0 Å². The monoisotopic (exact) mass is 323 g/mol. The molecule has 19 heavy (non-hydrogen) atoms. The van der Waals surface area contributed by atoms with E-state index >= 15 is 0 Å². The zero-order valence-corrected chi connectivity index (χ0v) is 13.4. The molecule has 0 saturated heterocycles. The Morgan fingerprint density at radius 2 is 1.79 bits per heavy atom. The highest BCUT2D eigenvalue weighted by atomic mass is 35.5. The van der Waals surface area contributed by atoms with E-state index in [9.17, 15) is 0 Å². The van der Waals surface area contributed by atoms with E-state index in [1.165, 1.54) is 25.7 Å². The maximum absolute atomic E-state index is 6.17. The Morgan fingerprint density at radius 3 is 2.32 bits per heavy atom. The molecule has 1 aromatic rings. The fourth-order valence-corrected chi connectivity index (χ4v) is 3.03. The van der Waals surface area contributed by atoms with Gasteiger partial charge in [-0.1, -0.05) is 36.0 Å². The van der Waals surface area contributed by atoms with Crippen LogP contribution >= 0.6 is 35.6 Å². The number of ether oxygens (including phenoxy) is 1. The highest BCUT2D eigenvalue weighted by Gasteiger charge is 2.15. The van der Waals surface area contributed by atoms with Gasteiger partial charge in [-0.15, -0.1) is 12.4 Å². The van der Waals surface area contributed by atoms with Gasteiger partial charge in [0.25, 0.3) is 0 Å². The van der Waals surface area contributed by atoms with Gasteiger partial charge in [-0.05, 0) is 37.5 Å². The first-order chi connectivity index (χ1) is 8.70. The molecule has 108 valence electrons. The number of hydrogen-bond acceptors (Lipinski definition) is 2. The second-order valence-corrected chi connectivity index (χ2v) is 5.50. The molecule has 1 saturated carbocycles. The van der Waals surface area contributed by atoms with E-state index < -0.39 is 0 Å². The molecule has 1 aliphatic rings. The molecule has 0 heterocycles. The minimum atomic E-state index is 0. The Morgan fingerprint density at radius 1 is 1.21 bits per heavy atom. The maximum Gasteiger partial charge on any atom is 0.156 e. The van der Waals surface area contributed by atoms with Crippen LogP contribution in [0.2, 0.25) is 10.0 Å². The van der Waals surface area contributed by atoms with Gasteiger partial charge in [0.1, 0.15) is 0 Å². The second kappa shape index (κ2) is 8.21. The van der Waals surface area contributed by atoms with Gasteiger partial charge in [0, 0.05) is 12.6 Å². The first-order valence-corrected chi connectivity index (χ1v) is 7.30. The molecule has 1 aliphatic carbocycles. The van der Waals surface area contributed by atoms with Crippen molar-refractivity contribution in [2.75, 3.05) is 6.61 Å². The molecular weight excluding hydrogens is 305 g/mol. The molecule has 2 rings (SSSR count). The van der Waals surface area contributed by atoms with E-state index in [-0.39, 0.29) is 12.4 Å². The minimum absolute atomic E-state index is 0. The molecule has 1 aromatic carbocycles. The summed E-state index contributed by atoms with van der Waals surface area (Å²) in [5, 5.41) is 4.73. The van der Waals surface area contributed by atoms with Crippen molar-refractivity contribution < 1.29 is 4.74 Å². The second-order valence-electron chi connectivity index (χ2n) is 4.68. The van der Waals surface area contributed by atoms with Gasteiger partial charge in [-0.3, -0.25) is 0 Å². The Kier molecular flexibility index (Phi) is 7.30. The summed E-state index contributed by atoms with van der Waals surface area (Å²) in [5.41, 5.74) is 1.11. The van der Waals surface area contributed by atoms with Gasteiger partial charge in [0.2, 0.25) is 0 Å². The first kappa shape index (κ1) is 16.9.